The largest absolute Gasteiger partial charge is 0.507 e. The zero-order valence-electron chi connectivity index (χ0n) is 42.1. The Balaban J connectivity index is 1.47. The summed E-state index contributed by atoms with van der Waals surface area (Å²) in [6, 6.07) is 45.6. The Labute approximate surface area is 380 Å². The predicted molar refractivity (Wildman–Crippen MR) is 267 cm³/mol. The molecule has 320 valence electrons. The van der Waals surface area contributed by atoms with Crippen LogP contribution < -0.4 is 0 Å². The third-order valence-corrected chi connectivity index (χ3v) is 12.3. The molecule has 0 aliphatic rings. The molecule has 6 aromatic carbocycles. The Hall–Kier alpha value is -6.26. The van der Waals surface area contributed by atoms with E-state index in [1.807, 2.05) is 18.3 Å². The van der Waals surface area contributed by atoms with E-state index in [4.69, 9.17) is 14.1 Å². The van der Waals surface area contributed by atoms with Crippen molar-refractivity contribution in [2.45, 2.75) is 112 Å². The van der Waals surface area contributed by atoms with Crippen molar-refractivity contribution in [1.29, 1.82) is 0 Å². The Kier molecular flexibility index (Phi) is 9.94. The van der Waals surface area contributed by atoms with Gasteiger partial charge >= 0.3 is 0 Å². The third-order valence-electron chi connectivity index (χ3n) is 12.3. The van der Waals surface area contributed by atoms with E-state index < -0.39 is 6.85 Å². The normalized spacial score (nSPS) is 13.5. The molecule has 0 saturated heterocycles. The van der Waals surface area contributed by atoms with Crippen LogP contribution >= 0.6 is 0 Å². The number of aryl methyl sites for hydroxylation is 1. The maximum absolute atomic E-state index is 12.6. The Morgan fingerprint density at radius 3 is 1.81 bits per heavy atom. The van der Waals surface area contributed by atoms with Gasteiger partial charge in [0.15, 0.2) is 0 Å². The summed E-state index contributed by atoms with van der Waals surface area (Å²) < 4.78 is 27.6. The lowest BCUT2D eigenvalue weighted by molar-refractivity contribution is 0.446. The van der Waals surface area contributed by atoms with E-state index in [9.17, 15) is 5.11 Å². The number of phenolic OH excluding ortho intramolecular Hbond substituents is 1. The fraction of sp³-hybridized carbons (Fsp3) is 0.288. The van der Waals surface area contributed by atoms with Crippen molar-refractivity contribution >= 4 is 11.0 Å². The first kappa shape index (κ1) is 39.6. The molecule has 8 aromatic rings. The molecule has 0 radical (unpaired) electrons. The van der Waals surface area contributed by atoms with Gasteiger partial charge in [0.05, 0.1) is 28.0 Å². The van der Waals surface area contributed by atoms with Gasteiger partial charge in [0, 0.05) is 32.6 Å². The van der Waals surface area contributed by atoms with Gasteiger partial charge in [0.2, 0.25) is 0 Å². The lowest BCUT2D eigenvalue weighted by Crippen LogP contribution is -2.17. The topological polar surface area (TPSA) is 50.9 Å². The number of pyridine rings is 1. The second-order valence-corrected chi connectivity index (χ2v) is 21.3. The van der Waals surface area contributed by atoms with E-state index in [1.54, 1.807) is 12.1 Å². The summed E-state index contributed by atoms with van der Waals surface area (Å²) in [5.74, 6) is 0.732. The average Bonchev–Trinajstić information content (AvgIpc) is 3.64. The zero-order chi connectivity index (χ0) is 47.7. The second-order valence-electron chi connectivity index (χ2n) is 21.3. The molecular weight excluding hydrogens is 767 g/mol. The quantitative estimate of drug-likeness (QED) is 0.182. The number of nitrogens with zero attached hydrogens (tertiary/aromatic N) is 3. The number of aromatic nitrogens is 3. The van der Waals surface area contributed by atoms with Crippen LogP contribution in [0.2, 0.25) is 0 Å². The zero-order valence-corrected chi connectivity index (χ0v) is 39.1. The lowest BCUT2D eigenvalue weighted by atomic mass is 9.79. The molecule has 63 heavy (non-hydrogen) atoms. The van der Waals surface area contributed by atoms with Crippen LogP contribution in [0.5, 0.6) is 5.75 Å². The first-order chi connectivity index (χ1) is 30.8. The molecular formula is C59H63N3O. The summed E-state index contributed by atoms with van der Waals surface area (Å²) in [5, 5.41) is 12.6. The summed E-state index contributed by atoms with van der Waals surface area (Å²) in [5.41, 5.74) is 14.1. The van der Waals surface area contributed by atoms with E-state index in [-0.39, 0.29) is 33.0 Å². The Bertz CT molecular complexity index is 3090. The van der Waals surface area contributed by atoms with Crippen molar-refractivity contribution in [2.75, 3.05) is 0 Å². The van der Waals surface area contributed by atoms with Crippen molar-refractivity contribution in [3.63, 3.8) is 0 Å². The number of fused-ring (bicyclic) bond motifs is 1. The van der Waals surface area contributed by atoms with Crippen LogP contribution in [0.3, 0.4) is 0 Å². The van der Waals surface area contributed by atoms with Gasteiger partial charge in [-0.15, -0.1) is 0 Å². The van der Waals surface area contributed by atoms with Crippen molar-refractivity contribution in [2.24, 2.45) is 0 Å². The summed E-state index contributed by atoms with van der Waals surface area (Å²) in [4.78, 5) is 10.5. The molecule has 4 nitrogen and oxygen atoms in total. The molecule has 0 aliphatic carbocycles. The number of para-hydroxylation sites is 1. The highest BCUT2D eigenvalue weighted by Crippen LogP contribution is 2.46. The smallest absolute Gasteiger partial charge is 0.149 e. The summed E-state index contributed by atoms with van der Waals surface area (Å²) in [6.07, 6.45) is 1.88. The van der Waals surface area contributed by atoms with Gasteiger partial charge in [-0.25, -0.2) is 4.98 Å². The minimum absolute atomic E-state index is 0.0721. The van der Waals surface area contributed by atoms with E-state index in [0.29, 0.717) is 11.4 Å². The number of imidazole rings is 1. The van der Waals surface area contributed by atoms with Crippen LogP contribution in [0.25, 0.3) is 72.7 Å². The molecule has 4 heteroatoms. The molecule has 8 rings (SSSR count). The van der Waals surface area contributed by atoms with Gasteiger partial charge in [-0.1, -0.05) is 174 Å². The number of rotatable bonds is 6. The number of benzene rings is 6. The van der Waals surface area contributed by atoms with Crippen LogP contribution in [0.4, 0.5) is 0 Å². The minimum Gasteiger partial charge on any atom is -0.507 e. The summed E-state index contributed by atoms with van der Waals surface area (Å²) in [6.45, 7) is 23.8. The number of hydrogen-bond donors (Lipinski definition) is 1. The van der Waals surface area contributed by atoms with Crippen molar-refractivity contribution in [1.82, 2.24) is 14.5 Å². The lowest BCUT2D eigenvalue weighted by Gasteiger charge is -2.27. The molecule has 2 heterocycles. The van der Waals surface area contributed by atoms with Crippen molar-refractivity contribution in [3.05, 3.63) is 167 Å². The molecule has 0 unspecified atom stereocenters. The van der Waals surface area contributed by atoms with Crippen LogP contribution in [-0.4, -0.2) is 19.6 Å². The molecule has 2 aromatic heterocycles. The second kappa shape index (κ2) is 15.8. The SMILES string of the molecule is [2H]C([2H])([2H])c1ccc(-n2c(-c3cc(C(C)(C)C)cc(C(C)(C)C)c3O)nc3c(-c4cc(-c5cc(-c6ccccc6)ccn5)cc(C(C)(C)C)c4)cccc32)c(-c2ccc(C(C)(C)C)cc2)c1. The average molecular weight is 833 g/mol. The summed E-state index contributed by atoms with van der Waals surface area (Å²) >= 11 is 0. The molecule has 1 N–H and O–H groups in total. The molecule has 0 aliphatic heterocycles. The monoisotopic (exact) mass is 833 g/mol. The Morgan fingerprint density at radius 2 is 1.16 bits per heavy atom. The minimum atomic E-state index is -2.34. The number of aromatic hydroxyl groups is 1. The molecule has 0 atom stereocenters. The van der Waals surface area contributed by atoms with Crippen LogP contribution in [0.1, 0.15) is 115 Å². The molecule has 0 bridgehead atoms. The maximum atomic E-state index is 12.6. The van der Waals surface area contributed by atoms with E-state index >= 15 is 0 Å². The van der Waals surface area contributed by atoms with Crippen molar-refractivity contribution < 1.29 is 9.22 Å². The van der Waals surface area contributed by atoms with Gasteiger partial charge in [0.25, 0.3) is 0 Å². The van der Waals surface area contributed by atoms with E-state index in [1.165, 1.54) is 5.56 Å². The van der Waals surface area contributed by atoms with Gasteiger partial charge in [0.1, 0.15) is 11.6 Å². The third kappa shape index (κ3) is 8.61. The summed E-state index contributed by atoms with van der Waals surface area (Å²) in [7, 11) is 0. The van der Waals surface area contributed by atoms with Gasteiger partial charge in [-0.2, -0.15) is 0 Å². The van der Waals surface area contributed by atoms with Crippen LogP contribution in [0, 0.1) is 6.85 Å². The standard InChI is InChI=1S/C59H63N3O/c1-37-22-27-51(47(30-37)39-23-25-43(26-24-39)56(2,3)4)62-52-21-17-20-46(53(52)61-55(62)48-35-45(58(8,9)10)36-49(54(48)63)59(11,12)13)41-31-42(33-44(32-41)57(5,6)7)50-34-40(28-29-60-50)38-18-15-14-16-19-38/h14-36,63H,1-13H3/i1D3. The predicted octanol–water partition coefficient (Wildman–Crippen LogP) is 16.0. The van der Waals surface area contributed by atoms with Crippen LogP contribution in [0.15, 0.2) is 140 Å². The van der Waals surface area contributed by atoms with Crippen molar-refractivity contribution in [3.8, 4) is 67.5 Å². The Morgan fingerprint density at radius 1 is 0.492 bits per heavy atom. The highest BCUT2D eigenvalue weighted by Gasteiger charge is 2.30. The number of phenols is 1. The van der Waals surface area contributed by atoms with Gasteiger partial charge in [-0.05, 0) is 116 Å². The van der Waals surface area contributed by atoms with Crippen LogP contribution in [-0.2, 0) is 21.7 Å². The first-order valence-corrected chi connectivity index (χ1v) is 22.1. The van der Waals surface area contributed by atoms with E-state index in [0.717, 1.165) is 78.0 Å². The molecule has 0 fully saturated rings. The molecule has 0 spiro atoms. The highest BCUT2D eigenvalue weighted by molar-refractivity contribution is 5.98. The molecule has 0 amide bonds. The van der Waals surface area contributed by atoms with E-state index in [2.05, 4.69) is 197 Å². The highest BCUT2D eigenvalue weighted by atomic mass is 16.3. The van der Waals surface area contributed by atoms with Gasteiger partial charge in [-0.3, -0.25) is 9.55 Å². The fourth-order valence-corrected chi connectivity index (χ4v) is 8.44. The molecule has 0 saturated carbocycles. The maximum Gasteiger partial charge on any atom is 0.149 e. The first-order valence-electron chi connectivity index (χ1n) is 23.6. The fourth-order valence-electron chi connectivity index (χ4n) is 8.44. The number of hydrogen-bond acceptors (Lipinski definition) is 3. The van der Waals surface area contributed by atoms with Gasteiger partial charge < -0.3 is 5.11 Å².